The molecule has 0 aromatic heterocycles. The number of carbonyl (C=O) groups excluding carboxylic acids is 16. The van der Waals surface area contributed by atoms with E-state index in [9.17, 15) is 76.7 Å². The minimum absolute atomic E-state index is 0.141. The van der Waals surface area contributed by atoms with Gasteiger partial charge < -0.3 is 105 Å². The molecule has 600 valence electrons. The van der Waals surface area contributed by atoms with Crippen LogP contribution in [0.25, 0.3) is 0 Å². The first-order valence-electron chi connectivity index (χ1n) is 34.7. The number of ether oxygens (including phenoxy) is 4. The molecular formula is C62H104N16O20S8. The van der Waals surface area contributed by atoms with Gasteiger partial charge in [-0.1, -0.05) is 112 Å². The smallest absolute Gasteiger partial charge is 0.407 e. The fourth-order valence-electron chi connectivity index (χ4n) is 10.1. The van der Waals surface area contributed by atoms with E-state index in [0.717, 1.165) is 24.0 Å². The highest BCUT2D eigenvalue weighted by molar-refractivity contribution is 8.93. The maximum Gasteiger partial charge on any atom is 0.407 e. The van der Waals surface area contributed by atoms with Gasteiger partial charge >= 0.3 is 24.4 Å². The highest BCUT2D eigenvalue weighted by Crippen LogP contribution is 2.60. The van der Waals surface area contributed by atoms with Gasteiger partial charge in [0.25, 0.3) is 0 Å². The molecule has 6 atom stereocenters. The zero-order valence-corrected chi connectivity index (χ0v) is 66.6. The van der Waals surface area contributed by atoms with Crippen LogP contribution < -0.4 is 76.1 Å². The second-order valence-corrected chi connectivity index (χ2v) is 35.9. The van der Waals surface area contributed by atoms with Crippen LogP contribution in [0.2, 0.25) is 0 Å². The molecule has 0 radical (unpaired) electrons. The third-order valence-electron chi connectivity index (χ3n) is 16.3. The molecule has 16 amide bonds. The minimum Gasteiger partial charge on any atom is -0.453 e. The van der Waals surface area contributed by atoms with Crippen molar-refractivity contribution in [2.75, 3.05) is 107 Å². The fourth-order valence-corrected chi connectivity index (χ4v) is 17.6. The van der Waals surface area contributed by atoms with Gasteiger partial charge in [-0.15, -0.1) is 0 Å². The van der Waals surface area contributed by atoms with Gasteiger partial charge in [0.05, 0.1) is 70.4 Å². The van der Waals surface area contributed by atoms with Crippen molar-refractivity contribution in [1.29, 1.82) is 0 Å². The highest BCUT2D eigenvalue weighted by atomic mass is 33.2. The predicted molar refractivity (Wildman–Crippen MR) is 410 cm³/mol. The van der Waals surface area contributed by atoms with Crippen molar-refractivity contribution in [3.8, 4) is 0 Å². The van der Waals surface area contributed by atoms with E-state index in [4.69, 9.17) is 22.9 Å². The highest BCUT2D eigenvalue weighted by Gasteiger charge is 2.40. The maximum absolute atomic E-state index is 13.3. The van der Waals surface area contributed by atoms with E-state index < -0.39 is 110 Å². The summed E-state index contributed by atoms with van der Waals surface area (Å²) in [5, 5.41) is 26.2. The Labute approximate surface area is 648 Å². The number of primary amides is 4. The second kappa shape index (κ2) is 54.2. The van der Waals surface area contributed by atoms with Gasteiger partial charge in [-0.25, -0.2) is 19.2 Å². The quantitative estimate of drug-likeness (QED) is 0.0178. The van der Waals surface area contributed by atoms with Crippen LogP contribution in [0, 0.1) is 23.7 Å². The second-order valence-electron chi connectivity index (χ2n) is 24.4. The summed E-state index contributed by atoms with van der Waals surface area (Å²) in [6, 6.07) is -1.97. The van der Waals surface area contributed by atoms with Gasteiger partial charge in [-0.3, -0.25) is 57.5 Å². The number of nitrogens with one attached hydrogen (secondary N) is 10. The Balaban J connectivity index is 0.000000550. The van der Waals surface area contributed by atoms with Crippen LogP contribution in [0.5, 0.6) is 0 Å². The van der Waals surface area contributed by atoms with Gasteiger partial charge in [0.2, 0.25) is 70.9 Å². The lowest BCUT2D eigenvalue weighted by molar-refractivity contribution is -0.139. The molecule has 4 heterocycles. The van der Waals surface area contributed by atoms with E-state index in [1.165, 1.54) is 14.2 Å². The molecule has 0 bridgehead atoms. The summed E-state index contributed by atoms with van der Waals surface area (Å²) < 4.78 is 19.0. The number of nitrogens with zero attached hydrogens (tertiary/aromatic N) is 2. The third-order valence-corrected chi connectivity index (χ3v) is 25.6. The number of amides is 16. The van der Waals surface area contributed by atoms with Crippen LogP contribution in [0.15, 0.2) is 0 Å². The van der Waals surface area contributed by atoms with Crippen LogP contribution in [-0.4, -0.2) is 242 Å². The zero-order chi connectivity index (χ0) is 78.3. The van der Waals surface area contributed by atoms with Crippen molar-refractivity contribution in [2.45, 2.75) is 159 Å². The summed E-state index contributed by atoms with van der Waals surface area (Å²) in [4.78, 5) is 199. The third kappa shape index (κ3) is 42.9. The standard InChI is InChI=1S/2C31H52N8O10S4/c2*1-48-30(46)37-15-8-5-11-21(38-31(47)49-2)27(45)36-16-12-24(42)39(17-22(40)34-13-6-3-9-19(25(32)43)28-50-51-28)18-23(41)35-14-7-4-10-20(26(33)44)29-52-53-29/h2*19-21,28-29H,3-18H2,1-2H3,(H2,32,43)(H2,33,44)(H,34,40)(H,35,41)(H,36,45)(H,37,46)(H,38,47)/t2*19?,20?,21-/m00/s1. The molecule has 4 saturated heterocycles. The van der Waals surface area contributed by atoms with E-state index in [2.05, 4.69) is 72.1 Å². The molecule has 4 rings (SSSR count). The van der Waals surface area contributed by atoms with Crippen molar-refractivity contribution in [1.82, 2.24) is 63.0 Å². The maximum atomic E-state index is 13.3. The fraction of sp³-hybridized carbons (Fsp3) is 0.742. The molecule has 0 aromatic rings. The molecule has 4 fully saturated rings. The Bertz CT molecular complexity index is 2600. The number of rotatable bonds is 56. The molecule has 0 aliphatic carbocycles. The lowest BCUT2D eigenvalue weighted by atomic mass is 10.0. The summed E-state index contributed by atoms with van der Waals surface area (Å²) in [5.41, 5.74) is 22.0. The van der Waals surface area contributed by atoms with E-state index in [0.29, 0.717) is 142 Å². The summed E-state index contributed by atoms with van der Waals surface area (Å²) >= 11 is 0. The SMILES string of the molecule is COC(=O)NCCCC[C@H](NC(=O)OC)C(=O)NCCC(=O)N(CC(=O)NCCCCC(C(N)=O)C1SS1)CC(=O)NCCCCC(C(N)=O)C1SS1.COC(=O)NCCCC[C@H](NC(=O)OC)C(=O)NCCC(=O)N(CC(=O)NCCCCC(C(N)=O)C1SS1)CC(=O)NCCCCC(C(N)=O)C1SS1. The van der Waals surface area contributed by atoms with Gasteiger partial charge in [-0.05, 0) is 89.9 Å². The van der Waals surface area contributed by atoms with E-state index >= 15 is 0 Å². The monoisotopic (exact) mass is 1650 g/mol. The molecule has 44 heteroatoms. The van der Waals surface area contributed by atoms with Gasteiger partial charge in [-0.2, -0.15) is 0 Å². The molecule has 0 aromatic carbocycles. The minimum atomic E-state index is -0.983. The van der Waals surface area contributed by atoms with E-state index in [1.807, 2.05) is 0 Å². The number of hydrogen-bond acceptors (Lipinski definition) is 28. The molecule has 0 saturated carbocycles. The van der Waals surface area contributed by atoms with Crippen LogP contribution >= 0.6 is 86.4 Å². The number of carbonyl (C=O) groups is 16. The van der Waals surface area contributed by atoms with E-state index in [-0.39, 0.29) is 104 Å². The van der Waals surface area contributed by atoms with Crippen molar-refractivity contribution in [3.63, 3.8) is 0 Å². The van der Waals surface area contributed by atoms with Crippen molar-refractivity contribution in [2.24, 2.45) is 46.6 Å². The first-order valence-corrected chi connectivity index (χ1v) is 43.8. The first kappa shape index (κ1) is 93.7. The van der Waals surface area contributed by atoms with Gasteiger partial charge in [0.15, 0.2) is 0 Å². The molecular weight excluding hydrogens is 1550 g/mol. The molecule has 4 aliphatic rings. The number of hydrogen-bond donors (Lipinski definition) is 14. The van der Waals surface area contributed by atoms with Crippen molar-refractivity contribution in [3.05, 3.63) is 0 Å². The number of unbranched alkanes of at least 4 members (excludes halogenated alkanes) is 6. The number of methoxy groups -OCH3 is 4. The first-order chi connectivity index (χ1) is 50.7. The topological polar surface area (TPSA) is 541 Å². The van der Waals surface area contributed by atoms with Crippen LogP contribution in [-0.2, 0) is 76.5 Å². The predicted octanol–water partition coefficient (Wildman–Crippen LogP) is 1.58. The van der Waals surface area contributed by atoms with Crippen molar-refractivity contribution >= 4 is 182 Å². The van der Waals surface area contributed by atoms with Crippen molar-refractivity contribution < 1.29 is 95.7 Å². The van der Waals surface area contributed by atoms with Gasteiger partial charge in [0.1, 0.15) is 38.3 Å². The normalized spacial score (nSPS) is 15.1. The lowest BCUT2D eigenvalue weighted by Gasteiger charge is -2.23. The Morgan fingerprint density at radius 2 is 0.528 bits per heavy atom. The average Bonchev–Trinajstić information content (AvgIpc) is 1.73. The van der Waals surface area contributed by atoms with Crippen LogP contribution in [0.4, 0.5) is 19.2 Å². The Morgan fingerprint density at radius 1 is 0.302 bits per heavy atom. The van der Waals surface area contributed by atoms with E-state index in [1.54, 1.807) is 86.4 Å². The summed E-state index contributed by atoms with van der Waals surface area (Å²) in [5.74, 6) is -6.45. The molecule has 4 aliphatic heterocycles. The van der Waals surface area contributed by atoms with Crippen LogP contribution in [0.3, 0.4) is 0 Å². The summed E-state index contributed by atoms with van der Waals surface area (Å²) in [6.07, 6.45) is 6.54. The lowest BCUT2D eigenvalue weighted by Crippen LogP contribution is -2.49. The molecule has 106 heavy (non-hydrogen) atoms. The molecule has 0 spiro atoms. The average molecular weight is 1650 g/mol. The molecule has 4 unspecified atom stereocenters. The Hall–Kier alpha value is -6.48. The van der Waals surface area contributed by atoms with Crippen LogP contribution in [0.1, 0.15) is 128 Å². The molecule has 18 N–H and O–H groups in total. The van der Waals surface area contributed by atoms with Gasteiger partial charge in [0, 0.05) is 65.2 Å². The Kier molecular flexibility index (Phi) is 47.9. The number of alkyl carbamates (subject to hydrolysis) is 4. The summed E-state index contributed by atoms with van der Waals surface area (Å²) in [7, 11) is 17.7. The summed E-state index contributed by atoms with van der Waals surface area (Å²) in [6.45, 7) is -0.0730. The Morgan fingerprint density at radius 3 is 0.745 bits per heavy atom. The largest absolute Gasteiger partial charge is 0.453 e. The molecule has 36 nitrogen and oxygen atoms in total. The zero-order valence-electron chi connectivity index (χ0n) is 60.0. The number of nitrogens with two attached hydrogens (primary N) is 4.